The molecular formula is C11H14FNO5S. The Morgan fingerprint density at radius 1 is 1.37 bits per heavy atom. The predicted molar refractivity (Wildman–Crippen MR) is 64.9 cm³/mol. The summed E-state index contributed by atoms with van der Waals surface area (Å²) in [7, 11) is -3.13. The van der Waals surface area contributed by atoms with E-state index in [1.807, 2.05) is 0 Å². The minimum Gasteiger partial charge on any atom is -0.492 e. The van der Waals surface area contributed by atoms with Gasteiger partial charge in [-0.05, 0) is 26.0 Å². The van der Waals surface area contributed by atoms with Crippen LogP contribution in [0.4, 0.5) is 4.39 Å². The van der Waals surface area contributed by atoms with Crippen LogP contribution < -0.4 is 9.88 Å². The molecule has 0 fully saturated rings. The molecule has 0 spiro atoms. The van der Waals surface area contributed by atoms with E-state index in [-0.39, 0.29) is 5.56 Å². The minimum absolute atomic E-state index is 0.254. The summed E-state index contributed by atoms with van der Waals surface area (Å²) in [6.45, 7) is 3.22. The van der Waals surface area contributed by atoms with E-state index in [0.29, 0.717) is 0 Å². The van der Waals surface area contributed by atoms with Crippen molar-refractivity contribution in [3.05, 3.63) is 23.5 Å². The molecule has 0 unspecified atom stereocenters. The molecule has 0 aliphatic rings. The molecule has 0 aliphatic heterocycles. The second-order valence-electron chi connectivity index (χ2n) is 3.99. The van der Waals surface area contributed by atoms with Crippen LogP contribution in [0.5, 0.6) is 5.75 Å². The smallest absolute Gasteiger partial charge is 0.338 e. The van der Waals surface area contributed by atoms with E-state index in [1.54, 1.807) is 13.8 Å². The van der Waals surface area contributed by atoms with Crippen LogP contribution in [-0.2, 0) is 14.8 Å². The van der Waals surface area contributed by atoms with Gasteiger partial charge in [0.2, 0.25) is 10.0 Å². The van der Waals surface area contributed by atoms with Gasteiger partial charge in [0.05, 0.1) is 18.8 Å². The average molecular weight is 291 g/mol. The normalized spacial score (nSPS) is 11.5. The Labute approximate surface area is 110 Å². The van der Waals surface area contributed by atoms with Gasteiger partial charge in [0.25, 0.3) is 0 Å². The monoisotopic (exact) mass is 291 g/mol. The summed E-state index contributed by atoms with van der Waals surface area (Å²) in [5, 5.41) is 4.95. The maximum Gasteiger partial charge on any atom is 0.338 e. The summed E-state index contributed by atoms with van der Waals surface area (Å²) in [5.41, 5.74) is -0.254. The van der Waals surface area contributed by atoms with Gasteiger partial charge in [-0.2, -0.15) is 0 Å². The van der Waals surface area contributed by atoms with Gasteiger partial charge in [-0.25, -0.2) is 22.7 Å². The number of nitrogens with two attached hydrogens (primary N) is 1. The predicted octanol–water partition coefficient (Wildman–Crippen LogP) is 1.05. The first-order chi connectivity index (χ1) is 8.66. The third-order valence-corrected chi connectivity index (χ3v) is 3.01. The summed E-state index contributed by atoms with van der Waals surface area (Å²) < 4.78 is 45.9. The minimum atomic E-state index is -4.23. The van der Waals surface area contributed by atoms with E-state index in [9.17, 15) is 17.6 Å². The molecule has 0 saturated carbocycles. The molecular weight excluding hydrogens is 277 g/mol. The molecule has 2 N–H and O–H groups in total. The van der Waals surface area contributed by atoms with E-state index >= 15 is 0 Å². The lowest BCUT2D eigenvalue weighted by molar-refractivity contribution is 0.0377. The number of ether oxygens (including phenoxy) is 2. The Morgan fingerprint density at radius 2 is 1.95 bits per heavy atom. The van der Waals surface area contributed by atoms with Crippen molar-refractivity contribution in [1.82, 2.24) is 0 Å². The van der Waals surface area contributed by atoms with Crippen molar-refractivity contribution in [2.45, 2.75) is 24.8 Å². The number of sulfonamides is 1. The van der Waals surface area contributed by atoms with E-state index in [4.69, 9.17) is 9.88 Å². The number of rotatable bonds is 4. The summed E-state index contributed by atoms with van der Waals surface area (Å²) >= 11 is 0. The second kappa shape index (κ2) is 5.54. The fraction of sp³-hybridized carbons (Fsp3) is 0.364. The number of methoxy groups -OCH3 is 1. The molecule has 0 bridgehead atoms. The summed E-state index contributed by atoms with van der Waals surface area (Å²) in [6, 6.07) is 1.75. The van der Waals surface area contributed by atoms with Crippen molar-refractivity contribution in [3.63, 3.8) is 0 Å². The molecule has 1 rings (SSSR count). The van der Waals surface area contributed by atoms with Crippen molar-refractivity contribution < 1.29 is 27.1 Å². The first-order valence-corrected chi connectivity index (χ1v) is 6.82. The Kier molecular flexibility index (Phi) is 4.48. The van der Waals surface area contributed by atoms with Crippen LogP contribution in [-0.4, -0.2) is 27.6 Å². The fourth-order valence-electron chi connectivity index (χ4n) is 1.38. The van der Waals surface area contributed by atoms with Gasteiger partial charge in [-0.3, -0.25) is 0 Å². The van der Waals surface area contributed by atoms with Crippen LogP contribution in [0.1, 0.15) is 24.2 Å². The van der Waals surface area contributed by atoms with Crippen molar-refractivity contribution in [2.75, 3.05) is 7.11 Å². The van der Waals surface area contributed by atoms with Crippen LogP contribution in [0.2, 0.25) is 0 Å². The van der Waals surface area contributed by atoms with E-state index in [0.717, 1.165) is 19.2 Å². The van der Waals surface area contributed by atoms with Crippen molar-refractivity contribution >= 4 is 16.0 Å². The van der Waals surface area contributed by atoms with E-state index in [2.05, 4.69) is 4.74 Å². The Morgan fingerprint density at radius 3 is 2.37 bits per heavy atom. The number of hydrogen-bond acceptors (Lipinski definition) is 5. The van der Waals surface area contributed by atoms with Crippen LogP contribution in [0, 0.1) is 5.82 Å². The molecule has 0 aliphatic carbocycles. The van der Waals surface area contributed by atoms with Gasteiger partial charge in [-0.1, -0.05) is 0 Å². The molecule has 6 nitrogen and oxygen atoms in total. The van der Waals surface area contributed by atoms with Crippen LogP contribution in [0.3, 0.4) is 0 Å². The molecule has 8 heteroatoms. The molecule has 0 radical (unpaired) electrons. The maximum absolute atomic E-state index is 13.7. The van der Waals surface area contributed by atoms with E-state index < -0.39 is 38.6 Å². The Balaban J connectivity index is 3.40. The Bertz CT molecular complexity index is 597. The third kappa shape index (κ3) is 3.65. The standard InChI is InChI=1S/C11H14FNO5S/c1-6(2)18-11(14)7-4-8(12)10(17-3)9(5-7)19(13,15)16/h4-6H,1-3H3,(H2,13,15,16). The lowest BCUT2D eigenvalue weighted by atomic mass is 10.2. The lowest BCUT2D eigenvalue weighted by Gasteiger charge is -2.11. The first kappa shape index (κ1) is 15.4. The number of carbonyl (C=O) groups excluding carboxylic acids is 1. The quantitative estimate of drug-likeness (QED) is 0.836. The van der Waals surface area contributed by atoms with Crippen LogP contribution in [0.15, 0.2) is 17.0 Å². The van der Waals surface area contributed by atoms with Gasteiger partial charge in [0.1, 0.15) is 4.90 Å². The largest absolute Gasteiger partial charge is 0.492 e. The molecule has 1 aromatic carbocycles. The number of carbonyl (C=O) groups is 1. The fourth-order valence-corrected chi connectivity index (χ4v) is 2.11. The van der Waals surface area contributed by atoms with E-state index in [1.165, 1.54) is 0 Å². The maximum atomic E-state index is 13.7. The SMILES string of the molecule is COc1c(F)cc(C(=O)OC(C)C)cc1S(N)(=O)=O. The third-order valence-electron chi connectivity index (χ3n) is 2.10. The number of primary sulfonamides is 1. The zero-order valence-electron chi connectivity index (χ0n) is 10.6. The summed E-state index contributed by atoms with van der Waals surface area (Å²) in [6.07, 6.45) is -0.421. The van der Waals surface area contributed by atoms with Crippen LogP contribution in [0.25, 0.3) is 0 Å². The lowest BCUT2D eigenvalue weighted by Crippen LogP contribution is -2.17. The van der Waals surface area contributed by atoms with Crippen molar-refractivity contribution in [1.29, 1.82) is 0 Å². The highest BCUT2D eigenvalue weighted by atomic mass is 32.2. The highest BCUT2D eigenvalue weighted by Gasteiger charge is 2.23. The molecule has 0 atom stereocenters. The molecule has 106 valence electrons. The molecule has 0 amide bonds. The highest BCUT2D eigenvalue weighted by molar-refractivity contribution is 7.89. The molecule has 0 aromatic heterocycles. The van der Waals surface area contributed by atoms with Gasteiger partial charge in [0.15, 0.2) is 11.6 Å². The number of hydrogen-bond donors (Lipinski definition) is 1. The van der Waals surface area contributed by atoms with Crippen molar-refractivity contribution in [2.24, 2.45) is 5.14 Å². The number of benzene rings is 1. The number of esters is 1. The van der Waals surface area contributed by atoms with Gasteiger partial charge in [-0.15, -0.1) is 0 Å². The van der Waals surface area contributed by atoms with Gasteiger partial charge < -0.3 is 9.47 Å². The summed E-state index contributed by atoms with van der Waals surface area (Å²) in [4.78, 5) is 11.0. The molecule has 0 heterocycles. The first-order valence-electron chi connectivity index (χ1n) is 5.28. The zero-order valence-corrected chi connectivity index (χ0v) is 11.5. The number of halogens is 1. The molecule has 19 heavy (non-hydrogen) atoms. The Hall–Kier alpha value is -1.67. The molecule has 1 aromatic rings. The average Bonchev–Trinajstić information content (AvgIpc) is 2.25. The highest BCUT2D eigenvalue weighted by Crippen LogP contribution is 2.28. The summed E-state index contributed by atoms with van der Waals surface area (Å²) in [5.74, 6) is -2.39. The molecule has 0 saturated heterocycles. The van der Waals surface area contributed by atoms with Gasteiger partial charge in [0, 0.05) is 0 Å². The second-order valence-corrected chi connectivity index (χ2v) is 5.52. The van der Waals surface area contributed by atoms with Crippen molar-refractivity contribution in [3.8, 4) is 5.75 Å². The van der Waals surface area contributed by atoms with Gasteiger partial charge >= 0.3 is 5.97 Å². The van der Waals surface area contributed by atoms with Crippen LogP contribution >= 0.6 is 0 Å². The topological polar surface area (TPSA) is 95.7 Å². The zero-order chi connectivity index (χ0) is 14.8.